The summed E-state index contributed by atoms with van der Waals surface area (Å²) in [7, 11) is 2.19. The van der Waals surface area contributed by atoms with Crippen LogP contribution in [0.1, 0.15) is 22.3 Å². The molecule has 2 heteroatoms. The molecule has 2 aliphatic rings. The molecule has 1 aliphatic carbocycles. The van der Waals surface area contributed by atoms with E-state index in [9.17, 15) is 0 Å². The Morgan fingerprint density at radius 2 is 1.26 bits per heavy atom. The monoisotopic (exact) mass is 394 g/mol. The van der Waals surface area contributed by atoms with E-state index in [4.69, 9.17) is 4.74 Å². The second-order valence-electron chi connectivity index (χ2n) is 8.60. The number of fused-ring (bicyclic) bond motifs is 11. The fraction of sp³-hybridized carbons (Fsp3) is 0.0345. The Kier molecular flexibility index (Phi) is 3.22. The van der Waals surface area contributed by atoms with E-state index in [0.717, 1.165) is 11.5 Å². The van der Waals surface area contributed by atoms with Crippen LogP contribution in [0.5, 0.6) is 11.5 Å². The van der Waals surface area contributed by atoms with Crippen LogP contribution < -0.4 is 10.2 Å². The van der Waals surface area contributed by atoms with Crippen molar-refractivity contribution in [1.29, 1.82) is 0 Å². The third-order valence-corrected chi connectivity index (χ3v) is 6.98. The van der Waals surface area contributed by atoms with Gasteiger partial charge in [0.25, 0.3) is 0 Å². The molecule has 0 fully saturated rings. The highest BCUT2D eigenvalue weighted by atomic mass is 16.5. The molecule has 0 atom stereocenters. The van der Waals surface area contributed by atoms with E-state index in [1.54, 1.807) is 0 Å². The van der Waals surface area contributed by atoms with Crippen LogP contribution in [0.2, 0.25) is 0 Å². The third-order valence-electron chi connectivity index (χ3n) is 6.98. The van der Waals surface area contributed by atoms with Crippen molar-refractivity contribution in [1.82, 2.24) is 0 Å². The Morgan fingerprint density at radius 1 is 0.581 bits per heavy atom. The molecule has 0 N–H and O–H groups in total. The SMILES string of the molecule is Bc1ccc2c(c1)C1(c3ccccc3Oc3ccccc31)c1ccc3ccccc3c1-2. The molecule has 31 heavy (non-hydrogen) atoms. The van der Waals surface area contributed by atoms with Gasteiger partial charge in [-0.3, -0.25) is 0 Å². The van der Waals surface area contributed by atoms with Gasteiger partial charge in [0.05, 0.1) is 5.41 Å². The summed E-state index contributed by atoms with van der Waals surface area (Å²) in [5, 5.41) is 2.59. The van der Waals surface area contributed by atoms with Crippen molar-refractivity contribution in [3.05, 3.63) is 125 Å². The molecule has 0 bridgehead atoms. The number of para-hydroxylation sites is 2. The lowest BCUT2D eigenvalue weighted by Gasteiger charge is -2.39. The number of rotatable bonds is 0. The molecule has 0 saturated carbocycles. The van der Waals surface area contributed by atoms with Gasteiger partial charge in [0.15, 0.2) is 0 Å². The van der Waals surface area contributed by atoms with Crippen LogP contribution in [0.15, 0.2) is 103 Å². The fourth-order valence-electron chi connectivity index (χ4n) is 5.78. The molecule has 0 radical (unpaired) electrons. The molecule has 1 spiro atoms. The van der Waals surface area contributed by atoms with Crippen molar-refractivity contribution >= 4 is 24.1 Å². The van der Waals surface area contributed by atoms with Gasteiger partial charge in [-0.25, -0.2) is 0 Å². The first-order valence-electron chi connectivity index (χ1n) is 10.8. The number of hydrogen-bond donors (Lipinski definition) is 0. The summed E-state index contributed by atoms with van der Waals surface area (Å²) >= 11 is 0. The number of ether oxygens (including phenoxy) is 1. The highest BCUT2D eigenvalue weighted by Gasteiger charge is 2.51. The summed E-state index contributed by atoms with van der Waals surface area (Å²) in [6.07, 6.45) is 0. The van der Waals surface area contributed by atoms with E-state index in [1.807, 2.05) is 0 Å². The van der Waals surface area contributed by atoms with Crippen LogP contribution in [0, 0.1) is 0 Å². The molecule has 7 rings (SSSR count). The molecule has 5 aromatic rings. The van der Waals surface area contributed by atoms with Gasteiger partial charge in [0.2, 0.25) is 0 Å². The highest BCUT2D eigenvalue weighted by Crippen LogP contribution is 2.62. The van der Waals surface area contributed by atoms with Crippen LogP contribution in [0.3, 0.4) is 0 Å². The van der Waals surface area contributed by atoms with Gasteiger partial charge in [-0.2, -0.15) is 0 Å². The van der Waals surface area contributed by atoms with Crippen LogP contribution in [-0.2, 0) is 5.41 Å². The van der Waals surface area contributed by atoms with Gasteiger partial charge in [-0.15, -0.1) is 0 Å². The van der Waals surface area contributed by atoms with E-state index < -0.39 is 0 Å². The Hall–Kier alpha value is -3.78. The minimum atomic E-state index is -0.383. The summed E-state index contributed by atoms with van der Waals surface area (Å²) in [6, 6.07) is 37.3. The first-order chi connectivity index (χ1) is 15.3. The maximum atomic E-state index is 6.41. The van der Waals surface area contributed by atoms with Crippen molar-refractivity contribution < 1.29 is 4.74 Å². The molecular weight excluding hydrogens is 375 g/mol. The second-order valence-corrected chi connectivity index (χ2v) is 8.60. The average Bonchev–Trinajstić information content (AvgIpc) is 3.10. The fourth-order valence-corrected chi connectivity index (χ4v) is 5.78. The molecule has 5 aromatic carbocycles. The summed E-state index contributed by atoms with van der Waals surface area (Å²) in [5.74, 6) is 1.88. The topological polar surface area (TPSA) is 9.23 Å². The quantitative estimate of drug-likeness (QED) is 0.306. The number of benzene rings is 5. The maximum absolute atomic E-state index is 6.41. The van der Waals surface area contributed by atoms with Crippen LogP contribution in [-0.4, -0.2) is 7.85 Å². The van der Waals surface area contributed by atoms with Crippen LogP contribution >= 0.6 is 0 Å². The first-order valence-corrected chi connectivity index (χ1v) is 10.8. The molecule has 0 unspecified atom stereocenters. The Balaban J connectivity index is 1.75. The zero-order chi connectivity index (χ0) is 20.6. The smallest absolute Gasteiger partial charge is 0.139 e. The largest absolute Gasteiger partial charge is 0.457 e. The standard InChI is InChI=1S/C29H19BO/c30-19-14-15-21-25(17-19)29(24-16-13-18-7-1-2-8-20(18)28(21)24)22-9-3-5-11-26(22)31-27-12-6-4-10-23(27)29/h1-17H,30H2. The lowest BCUT2D eigenvalue weighted by Crippen LogP contribution is -2.32. The zero-order valence-corrected chi connectivity index (χ0v) is 17.2. The summed E-state index contributed by atoms with van der Waals surface area (Å²) in [6.45, 7) is 0. The lowest BCUT2D eigenvalue weighted by atomic mass is 9.65. The first kappa shape index (κ1) is 17.0. The van der Waals surface area contributed by atoms with E-state index in [2.05, 4.69) is 111 Å². The average molecular weight is 394 g/mol. The molecule has 1 nitrogen and oxygen atoms in total. The predicted octanol–water partition coefficient (Wildman–Crippen LogP) is 5.57. The molecule has 0 amide bonds. The second kappa shape index (κ2) is 5.89. The predicted molar refractivity (Wildman–Crippen MR) is 130 cm³/mol. The van der Waals surface area contributed by atoms with Crippen molar-refractivity contribution in [2.45, 2.75) is 5.41 Å². The van der Waals surface area contributed by atoms with Crippen LogP contribution in [0.25, 0.3) is 21.9 Å². The van der Waals surface area contributed by atoms with Crippen LogP contribution in [0.4, 0.5) is 0 Å². The van der Waals surface area contributed by atoms with Gasteiger partial charge in [0.1, 0.15) is 19.3 Å². The van der Waals surface area contributed by atoms with E-state index in [1.165, 1.54) is 49.6 Å². The Labute approximate surface area is 182 Å². The number of hydrogen-bond acceptors (Lipinski definition) is 1. The molecular formula is C29H19BO. The molecule has 144 valence electrons. The van der Waals surface area contributed by atoms with Crippen molar-refractivity contribution in [3.63, 3.8) is 0 Å². The van der Waals surface area contributed by atoms with Gasteiger partial charge in [-0.05, 0) is 45.2 Å². The van der Waals surface area contributed by atoms with E-state index in [-0.39, 0.29) is 5.41 Å². The van der Waals surface area contributed by atoms with Gasteiger partial charge < -0.3 is 4.74 Å². The van der Waals surface area contributed by atoms with Crippen molar-refractivity contribution in [2.24, 2.45) is 0 Å². The van der Waals surface area contributed by atoms with Gasteiger partial charge in [-0.1, -0.05) is 96.5 Å². The zero-order valence-electron chi connectivity index (χ0n) is 17.2. The normalized spacial score (nSPS) is 14.5. The minimum absolute atomic E-state index is 0.383. The summed E-state index contributed by atoms with van der Waals surface area (Å²) < 4.78 is 6.41. The highest BCUT2D eigenvalue weighted by molar-refractivity contribution is 6.32. The van der Waals surface area contributed by atoms with Gasteiger partial charge in [0, 0.05) is 11.1 Å². The molecule has 0 saturated heterocycles. The molecule has 0 aromatic heterocycles. The van der Waals surface area contributed by atoms with E-state index in [0.29, 0.717) is 0 Å². The van der Waals surface area contributed by atoms with Crippen molar-refractivity contribution in [2.75, 3.05) is 0 Å². The molecule has 1 heterocycles. The minimum Gasteiger partial charge on any atom is -0.457 e. The van der Waals surface area contributed by atoms with Gasteiger partial charge >= 0.3 is 0 Å². The lowest BCUT2D eigenvalue weighted by molar-refractivity contribution is 0.436. The summed E-state index contributed by atoms with van der Waals surface area (Å²) in [4.78, 5) is 0. The molecule has 1 aliphatic heterocycles. The Bertz CT molecular complexity index is 1490. The third kappa shape index (κ3) is 2.02. The maximum Gasteiger partial charge on any atom is 0.139 e. The summed E-state index contributed by atoms with van der Waals surface area (Å²) in [5.41, 5.74) is 8.69. The van der Waals surface area contributed by atoms with Crippen molar-refractivity contribution in [3.8, 4) is 22.6 Å². The van der Waals surface area contributed by atoms with E-state index >= 15 is 0 Å². The Morgan fingerprint density at radius 3 is 2.03 bits per heavy atom.